The summed E-state index contributed by atoms with van der Waals surface area (Å²) in [4.78, 5) is 88.9. The number of halogens is 1. The van der Waals surface area contributed by atoms with Crippen LogP contribution >= 0.6 is 28.1 Å². The summed E-state index contributed by atoms with van der Waals surface area (Å²) in [7, 11) is 7.11. The van der Waals surface area contributed by atoms with Crippen LogP contribution in [-0.2, 0) is 86.0 Å². The first-order valence-corrected chi connectivity index (χ1v) is 49.1. The Morgan fingerprint density at radius 1 is 0.457 bits per heavy atom. The zero-order valence-electron chi connectivity index (χ0n) is 74.5. The third-order valence-electron chi connectivity index (χ3n) is 33.1. The number of guanidine groups is 1. The summed E-state index contributed by atoms with van der Waals surface area (Å²) in [6.45, 7) is 0. The molecular weight excluding hydrogens is 1680 g/mol. The van der Waals surface area contributed by atoms with E-state index in [1.165, 1.54) is 100 Å². The molecule has 4 aromatic carbocycles. The fourth-order valence-electron chi connectivity index (χ4n) is 24.1. The van der Waals surface area contributed by atoms with Crippen LogP contribution in [-0.4, -0.2) is 138 Å². The maximum Gasteiger partial charge on any atom is 0.325 e. The number of benzene rings is 4. The standard InChI is InChI=1S/C26H33N3O2.C26H30N2O3.C26H30N2O2S.C22H24N2O3.C4H7Br.H3NO/c1-31-22-11-13-25(14-12-22)16-20-10-9-19(8-7-18-5-6-18)15-23(20)26(25,17-30)29-24(27)28-21-3-2-4-21;1-31-21-11-13-25(14-12-21)16-19-10-9-18(8-7-17-5-6-17)15-22(19)26(25)23(29)28(24(30)27-26)20-3-2-4-20;1-30-21-11-13-25(14-12-21)16-19-10-9-18(8-7-17-5-6-17)15-22(19)26(25)23(29)28(24(31)27-26)20-3-2-4-20;1-27-17-8-10-21(11-9-17)13-16-7-6-15(5-4-14-2-3-14)12-18(16)22(21)19(25)23-20(26)24-22;5-4-2-1-3-4;1-2/h9-10,15,17-18,21-22H,2-6,11-14,16H2,1H3,(H3,27,28,29);9-10,15,17,20-21H,2-6,11-14,16H2,1H3,(H,27,30);9-10,15,17,20-21H,2-6,11-14,16H2,1H3,(H,27,31);6-7,12,14,17H,2-3,8-11,13H2,1H3,(H2,23,24,25,26);4H,1-3H2;2H,1H2. The number of nitrogens with zero attached hydrogens (tertiary/aromatic N) is 3. The minimum absolute atomic E-state index is 0.0240. The van der Waals surface area contributed by atoms with E-state index in [9.17, 15) is 28.8 Å². The predicted molar refractivity (Wildman–Crippen MR) is 493 cm³/mol. The Kier molecular flexibility index (Phi) is 25.5. The SMILES string of the molecule is BrC1CCC1.COC1CCC2(CC1)Cc1ccc(C#CC3CC3)cc1C2(C=O)NC(N)=NC1CCC1.COC1CCC2(CC1)Cc1ccc(C#CC3CC3)cc1C21NC(=O)N(C2CCC2)C1=O.COC1CCC2(CC1)Cc1ccc(C#CC3CC3)cc1C21NC(=O)NC1=O.COC1CCC2(CC1)Cc1ccc(C#CC3CC3)cc1C21NC(=S)N(C2CCC2)C1=O.NO. The third kappa shape index (κ3) is 16.5. The van der Waals surface area contributed by atoms with Gasteiger partial charge >= 0.3 is 12.1 Å². The smallest absolute Gasteiger partial charge is 0.325 e. The van der Waals surface area contributed by atoms with E-state index in [1.54, 1.807) is 33.3 Å². The summed E-state index contributed by atoms with van der Waals surface area (Å²) in [5, 5.41) is 23.1. The molecule has 10 N–H and O–H groups in total. The number of hydrogen-bond acceptors (Lipinski definition) is 14. The fraction of sp³-hybridized carbons (Fsp3) is 0.615. The molecule has 127 heavy (non-hydrogen) atoms. The third-order valence-corrected chi connectivity index (χ3v) is 34.3. The van der Waals surface area contributed by atoms with Crippen molar-refractivity contribution in [1.29, 1.82) is 0 Å². The van der Waals surface area contributed by atoms with Crippen LogP contribution in [0.4, 0.5) is 9.59 Å². The molecule has 16 aliphatic carbocycles. The Morgan fingerprint density at radius 3 is 1.12 bits per heavy atom. The molecule has 19 aliphatic rings. The highest BCUT2D eigenvalue weighted by Crippen LogP contribution is 2.65. The fourth-order valence-corrected chi connectivity index (χ4v) is 25.1. The van der Waals surface area contributed by atoms with Crippen LogP contribution < -0.4 is 38.2 Å². The van der Waals surface area contributed by atoms with Crippen molar-refractivity contribution in [2.45, 2.75) is 326 Å². The number of carbonyl (C=O) groups is 6. The molecule has 23 heteroatoms. The molecule has 7 amide bonds. The van der Waals surface area contributed by atoms with Gasteiger partial charge in [-0.15, -0.1) is 0 Å². The van der Waals surface area contributed by atoms with E-state index >= 15 is 0 Å². The van der Waals surface area contributed by atoms with Crippen molar-refractivity contribution in [3.05, 3.63) is 140 Å². The second-order valence-electron chi connectivity index (χ2n) is 40.4. The molecular formula is C104H127BrN10O11S. The van der Waals surface area contributed by atoms with Crippen LogP contribution in [0.2, 0.25) is 0 Å². The number of ether oxygens (including phenoxy) is 4. The van der Waals surface area contributed by atoms with Crippen molar-refractivity contribution in [3.8, 4) is 47.4 Å². The number of rotatable bonds is 9. The van der Waals surface area contributed by atoms with Crippen molar-refractivity contribution < 1.29 is 52.9 Å². The number of aliphatic imine (C=N–C) groups is 1. The van der Waals surface area contributed by atoms with Gasteiger partial charge in [-0.2, -0.15) is 0 Å². The molecule has 0 aromatic heterocycles. The number of imide groups is 2. The summed E-state index contributed by atoms with van der Waals surface area (Å²) >= 11 is 9.26. The number of nitrogens with two attached hydrogens (primary N) is 2. The summed E-state index contributed by atoms with van der Waals surface area (Å²) in [6, 6.07) is 25.5. The number of carbonyl (C=O) groups excluding carboxylic acids is 6. The second-order valence-corrected chi connectivity index (χ2v) is 42.1. The Morgan fingerprint density at radius 2 is 0.787 bits per heavy atom. The van der Waals surface area contributed by atoms with Gasteiger partial charge in [-0.05, 0) is 356 Å². The number of hydrogen-bond donors (Lipinski definition) is 8. The maximum absolute atomic E-state index is 14.3. The normalized spacial score (nSPS) is 33.1. The first-order valence-electron chi connectivity index (χ1n) is 47.8. The number of amides is 7. The lowest BCUT2D eigenvalue weighted by Crippen LogP contribution is -2.60. The Bertz CT molecular complexity index is 5070. The van der Waals surface area contributed by atoms with Gasteiger partial charge in [-0.25, -0.2) is 15.5 Å². The van der Waals surface area contributed by atoms with Crippen molar-refractivity contribution in [2.24, 2.45) is 62.0 Å². The molecule has 12 saturated carbocycles. The largest absolute Gasteiger partial charge is 0.381 e. The van der Waals surface area contributed by atoms with Crippen LogP contribution in [0.3, 0.4) is 0 Å². The van der Waals surface area contributed by atoms with E-state index in [4.69, 9.17) is 42.1 Å². The number of thiocarbonyl (C=S) groups is 1. The van der Waals surface area contributed by atoms with Crippen molar-refractivity contribution in [3.63, 3.8) is 0 Å². The Hall–Kier alpha value is -8.46. The number of fused-ring (bicyclic) bond motifs is 10. The first kappa shape index (κ1) is 89.1. The summed E-state index contributed by atoms with van der Waals surface area (Å²) in [5.74, 6) is 32.7. The average molecular weight is 1810 g/mol. The molecule has 3 heterocycles. The molecule has 7 spiro atoms. The number of urea groups is 2. The van der Waals surface area contributed by atoms with Gasteiger partial charge in [0.1, 0.15) is 5.54 Å². The van der Waals surface area contributed by atoms with E-state index < -0.39 is 28.2 Å². The lowest BCUT2D eigenvalue weighted by Gasteiger charge is -2.47. The lowest BCUT2D eigenvalue weighted by atomic mass is 9.61. The van der Waals surface area contributed by atoms with Crippen LogP contribution in [0.5, 0.6) is 0 Å². The Labute approximate surface area is 763 Å². The molecule has 15 fully saturated rings. The van der Waals surface area contributed by atoms with E-state index in [2.05, 4.69) is 167 Å². The predicted octanol–water partition coefficient (Wildman–Crippen LogP) is 15.2. The lowest BCUT2D eigenvalue weighted by molar-refractivity contribution is -0.141. The van der Waals surface area contributed by atoms with Gasteiger partial charge in [0.2, 0.25) is 0 Å². The van der Waals surface area contributed by atoms with Gasteiger partial charge in [0.25, 0.3) is 17.7 Å². The number of alkyl halides is 1. The summed E-state index contributed by atoms with van der Waals surface area (Å²) in [5.41, 5.74) is 14.8. The van der Waals surface area contributed by atoms with Crippen molar-refractivity contribution in [1.82, 2.24) is 36.4 Å². The van der Waals surface area contributed by atoms with E-state index in [0.29, 0.717) is 34.7 Å². The summed E-state index contributed by atoms with van der Waals surface area (Å²) < 4.78 is 22.5. The molecule has 3 aliphatic heterocycles. The molecule has 21 nitrogen and oxygen atoms in total. The number of nitrogens with one attached hydrogen (secondary N) is 5. The molecule has 3 saturated heterocycles. The highest BCUT2D eigenvalue weighted by molar-refractivity contribution is 9.09. The molecule has 0 radical (unpaired) electrons. The van der Waals surface area contributed by atoms with Crippen LogP contribution in [0.15, 0.2) is 77.8 Å². The van der Waals surface area contributed by atoms with Gasteiger partial charge in [0, 0.05) is 113 Å². The maximum atomic E-state index is 14.3. The second kappa shape index (κ2) is 36.4. The zero-order chi connectivity index (χ0) is 88.3. The van der Waals surface area contributed by atoms with Crippen LogP contribution in [0.1, 0.15) is 298 Å². The topological polar surface area (TPSA) is 291 Å². The van der Waals surface area contributed by atoms with Gasteiger partial charge in [-0.1, -0.05) is 94.0 Å². The van der Waals surface area contributed by atoms with Crippen molar-refractivity contribution >= 4 is 75.3 Å². The molecule has 4 atom stereocenters. The van der Waals surface area contributed by atoms with Gasteiger partial charge in [0.05, 0.1) is 30.5 Å². The molecule has 4 unspecified atom stereocenters. The minimum Gasteiger partial charge on any atom is -0.381 e. The van der Waals surface area contributed by atoms with E-state index in [-0.39, 0.29) is 88.0 Å². The molecule has 4 aromatic rings. The highest BCUT2D eigenvalue weighted by Gasteiger charge is 2.72. The average Bonchev–Trinajstić information content (AvgIpc) is 1.52. The molecule has 23 rings (SSSR count). The number of methoxy groups -OCH3 is 4. The van der Waals surface area contributed by atoms with Gasteiger partial charge < -0.3 is 56.0 Å². The molecule has 0 bridgehead atoms. The number of aldehydes is 1. The monoisotopic (exact) mass is 1800 g/mol. The van der Waals surface area contributed by atoms with Crippen molar-refractivity contribution in [2.75, 3.05) is 28.4 Å². The Balaban J connectivity index is 0.000000112. The van der Waals surface area contributed by atoms with Crippen LogP contribution in [0.25, 0.3) is 0 Å². The quantitative estimate of drug-likeness (QED) is 0.0113. The van der Waals surface area contributed by atoms with E-state index in [0.717, 1.165) is 235 Å². The van der Waals surface area contributed by atoms with Gasteiger partial charge in [0.15, 0.2) is 34.0 Å². The van der Waals surface area contributed by atoms with E-state index in [1.807, 2.05) is 11.0 Å². The van der Waals surface area contributed by atoms with Gasteiger partial charge in [-0.3, -0.25) is 34.5 Å². The molecule has 672 valence electrons. The summed E-state index contributed by atoms with van der Waals surface area (Å²) in [6.07, 6.45) is 43.8. The zero-order valence-corrected chi connectivity index (χ0v) is 76.9. The minimum atomic E-state index is -0.977. The first-order chi connectivity index (χ1) is 61.6. The van der Waals surface area contributed by atoms with Crippen LogP contribution in [0, 0.1) is 92.7 Å². The highest BCUT2D eigenvalue weighted by atomic mass is 79.9.